The monoisotopic (exact) mass is 719 g/mol. The van der Waals surface area contributed by atoms with E-state index in [1.165, 1.54) is 10.1 Å². The molecule has 0 N–H and O–H groups in total. The summed E-state index contributed by atoms with van der Waals surface area (Å²) < 4.78 is 10.8. The quantitative estimate of drug-likeness (QED) is 0.181. The second-order valence-corrected chi connectivity index (χ2v) is 14.6. The number of hydrogen-bond acceptors (Lipinski definition) is 6. The molecule has 0 atom stereocenters. The van der Waals surface area contributed by atoms with Crippen LogP contribution < -0.4 is 0 Å². The van der Waals surface area contributed by atoms with Gasteiger partial charge < -0.3 is 8.98 Å². The van der Waals surface area contributed by atoms with Gasteiger partial charge in [0.1, 0.15) is 28.9 Å². The molecule has 0 fully saturated rings. The topological polar surface area (TPSA) is 91.4 Å². The number of benzene rings is 7. The summed E-state index contributed by atoms with van der Waals surface area (Å²) in [5.74, 6) is 0.518. The van der Waals surface area contributed by atoms with Crippen molar-refractivity contribution in [2.45, 2.75) is 0 Å². The average molecular weight is 720 g/mol. The first-order valence-electron chi connectivity index (χ1n) is 17.9. The van der Waals surface area contributed by atoms with Crippen LogP contribution in [-0.4, -0.2) is 14.5 Å². The maximum Gasteiger partial charge on any atom is 0.161 e. The summed E-state index contributed by atoms with van der Waals surface area (Å²) in [5.41, 5.74) is 8.42. The molecule has 11 aromatic rings. The van der Waals surface area contributed by atoms with Crippen molar-refractivity contribution in [2.75, 3.05) is 0 Å². The zero-order valence-electron chi connectivity index (χ0n) is 29.0. The Hall–Kier alpha value is -7.58. The van der Waals surface area contributed by atoms with Crippen molar-refractivity contribution in [3.8, 4) is 51.7 Å². The molecule has 11 rings (SSSR count). The Morgan fingerprint density at radius 3 is 2.13 bits per heavy atom. The van der Waals surface area contributed by atoms with Gasteiger partial charge in [0.25, 0.3) is 0 Å². The Bertz CT molecular complexity index is 3470. The number of hydrogen-bond donors (Lipinski definition) is 0. The molecule has 7 heteroatoms. The molecule has 55 heavy (non-hydrogen) atoms. The van der Waals surface area contributed by atoms with Crippen molar-refractivity contribution in [1.29, 1.82) is 10.5 Å². The first kappa shape index (κ1) is 31.0. The van der Waals surface area contributed by atoms with Crippen LogP contribution in [0.15, 0.2) is 156 Å². The molecular weight excluding hydrogens is 695 g/mol. The summed E-state index contributed by atoms with van der Waals surface area (Å²) in [4.78, 5) is 10.3. The normalized spacial score (nSPS) is 11.6. The van der Waals surface area contributed by atoms with E-state index in [4.69, 9.17) is 14.4 Å². The SMILES string of the molecule is N#Cc1cc(-c2nc(-c3cccc4c3sc3ccccc34)nc(-c3ccccc3)c2C#N)ccc1-n1c2ccccc2c2ccc3oc4ccccc4c3c21. The van der Waals surface area contributed by atoms with E-state index in [-0.39, 0.29) is 0 Å². The minimum absolute atomic E-state index is 0.346. The van der Waals surface area contributed by atoms with Crippen LogP contribution in [0.3, 0.4) is 0 Å². The van der Waals surface area contributed by atoms with Gasteiger partial charge >= 0.3 is 0 Å². The Balaban J connectivity index is 1.18. The standard InChI is InChI=1S/C48H25N5OS/c49-26-30-25-29(21-23-38(30)53-39-18-7-4-13-31(39)33-22-24-41-43(46(33)53)35-15-5-8-19-40(35)54-41)45-37(27-50)44(28-11-2-1-3-12-28)51-48(52-45)36-17-10-16-34-32-14-6-9-20-42(32)55-47(34)36/h1-25H. The fourth-order valence-corrected chi connectivity index (χ4v) is 9.32. The van der Waals surface area contributed by atoms with Gasteiger partial charge in [0, 0.05) is 53.0 Å². The summed E-state index contributed by atoms with van der Waals surface area (Å²) in [6, 6.07) is 55.5. The first-order chi connectivity index (χ1) is 27.2. The average Bonchev–Trinajstić information content (AvgIpc) is 3.93. The number of nitriles is 2. The third kappa shape index (κ3) is 4.58. The molecule has 0 aliphatic heterocycles. The van der Waals surface area contributed by atoms with Crippen LogP contribution in [0.1, 0.15) is 11.1 Å². The Morgan fingerprint density at radius 2 is 1.29 bits per heavy atom. The van der Waals surface area contributed by atoms with Gasteiger partial charge in [0.05, 0.1) is 39.1 Å². The number of aromatic nitrogens is 3. The molecular formula is C48H25N5OS. The summed E-state index contributed by atoms with van der Waals surface area (Å²) >= 11 is 1.71. The second kappa shape index (κ2) is 12.0. The van der Waals surface area contributed by atoms with E-state index in [1.807, 2.05) is 97.1 Å². The molecule has 0 saturated carbocycles. The van der Waals surface area contributed by atoms with E-state index in [1.54, 1.807) is 11.3 Å². The second-order valence-electron chi connectivity index (χ2n) is 13.5. The molecule has 0 spiro atoms. The lowest BCUT2D eigenvalue weighted by Gasteiger charge is -2.15. The van der Waals surface area contributed by atoms with Crippen molar-refractivity contribution in [3.63, 3.8) is 0 Å². The summed E-state index contributed by atoms with van der Waals surface area (Å²) in [7, 11) is 0. The summed E-state index contributed by atoms with van der Waals surface area (Å²) in [5, 5.41) is 28.1. The molecule has 254 valence electrons. The number of thiophene rings is 1. The van der Waals surface area contributed by atoms with Gasteiger partial charge in [-0.1, -0.05) is 103 Å². The molecule has 4 heterocycles. The van der Waals surface area contributed by atoms with Gasteiger partial charge in [-0.15, -0.1) is 11.3 Å². The van der Waals surface area contributed by atoms with E-state index in [0.717, 1.165) is 70.6 Å². The molecule has 0 aliphatic carbocycles. The van der Waals surface area contributed by atoms with Crippen LogP contribution in [-0.2, 0) is 0 Å². The maximum atomic E-state index is 10.9. The van der Waals surface area contributed by atoms with E-state index >= 15 is 0 Å². The fourth-order valence-electron chi connectivity index (χ4n) is 8.11. The van der Waals surface area contributed by atoms with Gasteiger partial charge in [-0.2, -0.15) is 10.5 Å². The van der Waals surface area contributed by atoms with Crippen LogP contribution in [0.25, 0.3) is 104 Å². The lowest BCUT2D eigenvalue weighted by Crippen LogP contribution is -2.03. The third-order valence-corrected chi connectivity index (χ3v) is 11.7. The highest BCUT2D eigenvalue weighted by Crippen LogP contribution is 2.43. The Kier molecular flexibility index (Phi) is 6.75. The lowest BCUT2D eigenvalue weighted by molar-refractivity contribution is 0.669. The fraction of sp³-hybridized carbons (Fsp3) is 0. The van der Waals surface area contributed by atoms with Gasteiger partial charge in [-0.25, -0.2) is 9.97 Å². The van der Waals surface area contributed by atoms with Crippen LogP contribution in [0.4, 0.5) is 0 Å². The number of rotatable bonds is 4. The summed E-state index contributed by atoms with van der Waals surface area (Å²) in [6.07, 6.45) is 0. The number of nitrogens with zero attached hydrogens (tertiary/aromatic N) is 5. The molecule has 0 saturated heterocycles. The van der Waals surface area contributed by atoms with E-state index < -0.39 is 0 Å². The van der Waals surface area contributed by atoms with E-state index in [9.17, 15) is 10.5 Å². The Morgan fingerprint density at radius 1 is 0.564 bits per heavy atom. The smallest absolute Gasteiger partial charge is 0.161 e. The zero-order valence-corrected chi connectivity index (χ0v) is 29.8. The van der Waals surface area contributed by atoms with Crippen molar-refractivity contribution in [1.82, 2.24) is 14.5 Å². The number of fused-ring (bicyclic) bond motifs is 10. The van der Waals surface area contributed by atoms with E-state index in [2.05, 4.69) is 71.3 Å². The van der Waals surface area contributed by atoms with Crippen LogP contribution in [0, 0.1) is 22.7 Å². The molecule has 4 aromatic heterocycles. The minimum atomic E-state index is 0.346. The number of para-hydroxylation sites is 2. The van der Waals surface area contributed by atoms with E-state index in [0.29, 0.717) is 33.9 Å². The molecule has 0 aliphatic rings. The van der Waals surface area contributed by atoms with Gasteiger partial charge in [-0.3, -0.25) is 0 Å². The summed E-state index contributed by atoms with van der Waals surface area (Å²) in [6.45, 7) is 0. The van der Waals surface area contributed by atoms with Gasteiger partial charge in [0.2, 0.25) is 0 Å². The van der Waals surface area contributed by atoms with Gasteiger partial charge in [0.15, 0.2) is 5.82 Å². The van der Waals surface area contributed by atoms with Crippen molar-refractivity contribution < 1.29 is 4.42 Å². The van der Waals surface area contributed by atoms with Gasteiger partial charge in [-0.05, 0) is 48.5 Å². The minimum Gasteiger partial charge on any atom is -0.456 e. The highest BCUT2D eigenvalue weighted by atomic mass is 32.1. The molecule has 6 nitrogen and oxygen atoms in total. The van der Waals surface area contributed by atoms with Crippen molar-refractivity contribution >= 4 is 75.3 Å². The molecule has 0 amide bonds. The lowest BCUT2D eigenvalue weighted by atomic mass is 9.98. The molecule has 0 bridgehead atoms. The first-order valence-corrected chi connectivity index (χ1v) is 18.7. The molecule has 0 radical (unpaired) electrons. The Labute approximate surface area is 318 Å². The number of furan rings is 1. The zero-order chi connectivity index (χ0) is 36.6. The predicted molar refractivity (Wildman–Crippen MR) is 222 cm³/mol. The predicted octanol–water partition coefficient (Wildman–Crippen LogP) is 12.6. The third-order valence-electron chi connectivity index (χ3n) is 10.5. The molecule has 7 aromatic carbocycles. The van der Waals surface area contributed by atoms with Crippen LogP contribution in [0.5, 0.6) is 0 Å². The van der Waals surface area contributed by atoms with Crippen LogP contribution in [0.2, 0.25) is 0 Å². The largest absolute Gasteiger partial charge is 0.456 e. The molecule has 0 unspecified atom stereocenters. The van der Waals surface area contributed by atoms with Crippen LogP contribution >= 0.6 is 11.3 Å². The van der Waals surface area contributed by atoms with Crippen molar-refractivity contribution in [2.24, 2.45) is 0 Å². The highest BCUT2D eigenvalue weighted by molar-refractivity contribution is 7.26. The maximum absolute atomic E-state index is 10.9. The highest BCUT2D eigenvalue weighted by Gasteiger charge is 2.24. The van der Waals surface area contributed by atoms with Crippen molar-refractivity contribution in [3.05, 3.63) is 163 Å².